The van der Waals surface area contributed by atoms with Gasteiger partial charge in [0.2, 0.25) is 0 Å². The number of imidazole rings is 1. The molecule has 0 bridgehead atoms. The zero-order valence-electron chi connectivity index (χ0n) is 17.5. The maximum Gasteiger partial charge on any atom is 0.194 e. The number of rotatable bonds is 11. The van der Waals surface area contributed by atoms with E-state index >= 15 is 0 Å². The summed E-state index contributed by atoms with van der Waals surface area (Å²) in [6.45, 7) is 8.93. The van der Waals surface area contributed by atoms with Gasteiger partial charge in [-0.1, -0.05) is 33.6 Å². The Morgan fingerprint density at radius 3 is 2.24 bits per heavy atom. The molecule has 0 aliphatic carbocycles. The van der Waals surface area contributed by atoms with Crippen molar-refractivity contribution in [3.8, 4) is 17.0 Å². The van der Waals surface area contributed by atoms with Crippen LogP contribution in [-0.4, -0.2) is 33.6 Å². The molecule has 1 atom stereocenters. The number of hydrogen-bond acceptors (Lipinski definition) is 4. The first-order valence-corrected chi connectivity index (χ1v) is 11.1. The van der Waals surface area contributed by atoms with Crippen molar-refractivity contribution in [3.63, 3.8) is 0 Å². The largest absolute Gasteiger partial charge is 0.475 e. The van der Waals surface area contributed by atoms with Gasteiger partial charge in [-0.2, -0.15) is 0 Å². The summed E-state index contributed by atoms with van der Waals surface area (Å²) < 4.78 is 8.42. The van der Waals surface area contributed by atoms with Crippen molar-refractivity contribution in [1.82, 2.24) is 14.3 Å². The average molecular weight is 458 g/mol. The smallest absolute Gasteiger partial charge is 0.194 e. The number of hydrogen-bond donors (Lipinski definition) is 0. The maximum atomic E-state index is 6.36. The predicted octanol–water partition coefficient (Wildman–Crippen LogP) is 6.92. The Labute approximate surface area is 191 Å². The summed E-state index contributed by atoms with van der Waals surface area (Å²) in [6.07, 6.45) is 10.1. The Hall–Kier alpha value is -1.27. The third-order valence-corrected chi connectivity index (χ3v) is 5.64. The number of benzene rings is 1. The van der Waals surface area contributed by atoms with E-state index in [4.69, 9.17) is 4.74 Å². The van der Waals surface area contributed by atoms with Gasteiger partial charge in [-0.15, -0.1) is 36.2 Å². The lowest BCUT2D eigenvalue weighted by Gasteiger charge is -2.31. The van der Waals surface area contributed by atoms with Gasteiger partial charge >= 0.3 is 0 Å². The Bertz CT molecular complexity index is 782. The van der Waals surface area contributed by atoms with Crippen molar-refractivity contribution in [2.75, 3.05) is 13.1 Å². The molecule has 3 aromatic rings. The third kappa shape index (κ3) is 6.88. The van der Waals surface area contributed by atoms with E-state index in [1.165, 1.54) is 25.7 Å². The number of fused-ring (bicyclic) bond motifs is 1. The molecule has 0 radical (unpaired) electrons. The summed E-state index contributed by atoms with van der Waals surface area (Å²) in [5.41, 5.74) is 2.13. The summed E-state index contributed by atoms with van der Waals surface area (Å²) in [5.74, 6) is 0.935. The Morgan fingerprint density at radius 1 is 1.03 bits per heavy atom. The zero-order chi connectivity index (χ0) is 19.1. The minimum Gasteiger partial charge on any atom is -0.475 e. The van der Waals surface area contributed by atoms with Crippen LogP contribution in [0.2, 0.25) is 0 Å². The summed E-state index contributed by atoms with van der Waals surface area (Å²) in [7, 11) is 0. The van der Waals surface area contributed by atoms with Crippen LogP contribution in [0, 0.1) is 0 Å². The van der Waals surface area contributed by atoms with Gasteiger partial charge in [-0.05, 0) is 43.5 Å². The van der Waals surface area contributed by atoms with Gasteiger partial charge in [0.1, 0.15) is 5.75 Å². The molecule has 0 spiro atoms. The van der Waals surface area contributed by atoms with Crippen LogP contribution in [0.3, 0.4) is 0 Å². The second kappa shape index (κ2) is 13.1. The summed E-state index contributed by atoms with van der Waals surface area (Å²) >= 11 is 1.66. The molecule has 0 fully saturated rings. The normalized spacial score (nSPS) is 11.9. The van der Waals surface area contributed by atoms with Crippen molar-refractivity contribution in [3.05, 3.63) is 42.0 Å². The van der Waals surface area contributed by atoms with Crippen LogP contribution in [0.4, 0.5) is 0 Å². The van der Waals surface area contributed by atoms with Crippen LogP contribution in [0.15, 0.2) is 42.0 Å². The Morgan fingerprint density at radius 2 is 1.69 bits per heavy atom. The molecule has 0 saturated carbocycles. The third-order valence-electron chi connectivity index (χ3n) is 4.87. The fourth-order valence-electron chi connectivity index (χ4n) is 3.27. The fourth-order valence-corrected chi connectivity index (χ4v) is 3.97. The van der Waals surface area contributed by atoms with Gasteiger partial charge in [0.05, 0.1) is 5.69 Å². The van der Waals surface area contributed by atoms with E-state index < -0.39 is 0 Å². The first-order chi connectivity index (χ1) is 13.2. The molecule has 0 saturated heterocycles. The quantitative estimate of drug-likeness (QED) is 0.292. The fraction of sp³-hybridized carbons (Fsp3) is 0.500. The van der Waals surface area contributed by atoms with Gasteiger partial charge in [-0.3, -0.25) is 9.30 Å². The number of halogens is 2. The standard InChI is InChI=1S/C22H31N3OS.2ClH/c1-4-7-13-24(14-8-5-2)21(6-3)26-19-11-9-18(10-12-19)20-17-25-15-16-27-22(25)23-20;;/h9-12,15-17,21H,4-8,13-14H2,1-3H3;2*1H. The SMILES string of the molecule is CCCCN(CCCC)C(CC)Oc1ccc(-c2cn3ccsc3n2)cc1.Cl.Cl. The first-order valence-electron chi connectivity index (χ1n) is 10.2. The molecule has 3 rings (SSSR count). The highest BCUT2D eigenvalue weighted by Gasteiger charge is 2.17. The highest BCUT2D eigenvalue weighted by Crippen LogP contribution is 2.25. The summed E-state index contributed by atoms with van der Waals surface area (Å²) in [5, 5.41) is 2.05. The molecule has 7 heteroatoms. The van der Waals surface area contributed by atoms with Crippen LogP contribution in [0.5, 0.6) is 5.75 Å². The van der Waals surface area contributed by atoms with Crippen molar-refractivity contribution < 1.29 is 4.74 Å². The first kappa shape index (κ1) is 25.8. The lowest BCUT2D eigenvalue weighted by molar-refractivity contribution is 0.0202. The minimum absolute atomic E-state index is 0. The van der Waals surface area contributed by atoms with E-state index in [2.05, 4.69) is 70.9 Å². The Kier molecular flexibility index (Phi) is 11.7. The lowest BCUT2D eigenvalue weighted by Crippen LogP contribution is -2.40. The van der Waals surface area contributed by atoms with Crippen LogP contribution in [0.1, 0.15) is 52.9 Å². The van der Waals surface area contributed by atoms with Gasteiger partial charge in [0.25, 0.3) is 0 Å². The molecule has 0 N–H and O–H groups in total. The van der Waals surface area contributed by atoms with Gasteiger partial charge in [0, 0.05) is 36.4 Å². The molecule has 1 unspecified atom stereocenters. The molecule has 2 aromatic heterocycles. The molecule has 4 nitrogen and oxygen atoms in total. The van der Waals surface area contributed by atoms with Crippen LogP contribution in [-0.2, 0) is 0 Å². The second-order valence-corrected chi connectivity index (χ2v) is 7.84. The molecular weight excluding hydrogens is 425 g/mol. The van der Waals surface area contributed by atoms with Gasteiger partial charge in [0.15, 0.2) is 11.2 Å². The van der Waals surface area contributed by atoms with Crippen molar-refractivity contribution in [2.24, 2.45) is 0 Å². The molecule has 1 aromatic carbocycles. The monoisotopic (exact) mass is 457 g/mol. The number of aromatic nitrogens is 2. The van der Waals surface area contributed by atoms with Crippen molar-refractivity contribution in [1.29, 1.82) is 0 Å². The van der Waals surface area contributed by atoms with Crippen molar-refractivity contribution >= 4 is 41.1 Å². The molecule has 0 aliphatic heterocycles. The lowest BCUT2D eigenvalue weighted by atomic mass is 10.1. The van der Waals surface area contributed by atoms with Gasteiger partial charge < -0.3 is 4.74 Å². The number of nitrogens with zero attached hydrogens (tertiary/aromatic N) is 3. The average Bonchev–Trinajstić information content (AvgIpc) is 3.29. The van der Waals surface area contributed by atoms with E-state index in [0.717, 1.165) is 41.5 Å². The van der Waals surface area contributed by atoms with E-state index in [-0.39, 0.29) is 31.0 Å². The number of ether oxygens (including phenoxy) is 1. The van der Waals surface area contributed by atoms with E-state index in [0.29, 0.717) is 0 Å². The molecule has 2 heterocycles. The zero-order valence-corrected chi connectivity index (χ0v) is 20.0. The molecule has 162 valence electrons. The molecule has 29 heavy (non-hydrogen) atoms. The topological polar surface area (TPSA) is 29.8 Å². The maximum absolute atomic E-state index is 6.36. The summed E-state index contributed by atoms with van der Waals surface area (Å²) in [6, 6.07) is 8.36. The highest BCUT2D eigenvalue weighted by molar-refractivity contribution is 7.15. The molecular formula is C22H33Cl2N3OS. The molecule has 0 amide bonds. The highest BCUT2D eigenvalue weighted by atomic mass is 35.5. The van der Waals surface area contributed by atoms with E-state index in [1.54, 1.807) is 11.3 Å². The Balaban J connectivity index is 0.00000210. The second-order valence-electron chi connectivity index (χ2n) is 6.97. The number of unbranched alkanes of at least 4 members (excludes halogenated alkanes) is 2. The minimum atomic E-state index is 0. The van der Waals surface area contributed by atoms with Gasteiger partial charge in [-0.25, -0.2) is 4.98 Å². The number of thiazole rings is 1. The van der Waals surface area contributed by atoms with E-state index in [9.17, 15) is 0 Å². The van der Waals surface area contributed by atoms with Crippen LogP contribution >= 0.6 is 36.2 Å². The van der Waals surface area contributed by atoms with E-state index in [1.807, 2.05) is 6.20 Å². The molecule has 0 aliphatic rings. The van der Waals surface area contributed by atoms with Crippen molar-refractivity contribution in [2.45, 2.75) is 59.1 Å². The van der Waals surface area contributed by atoms with Crippen LogP contribution in [0.25, 0.3) is 16.2 Å². The van der Waals surface area contributed by atoms with Crippen LogP contribution < -0.4 is 4.74 Å². The predicted molar refractivity (Wildman–Crippen MR) is 129 cm³/mol. The summed E-state index contributed by atoms with van der Waals surface area (Å²) in [4.78, 5) is 8.21.